The zero-order valence-electron chi connectivity index (χ0n) is 18.7. The molecule has 0 spiro atoms. The Hall–Kier alpha value is -3.67. The largest absolute Gasteiger partial charge is 0.494 e. The number of Topliss-reactive ketones (excluding diaryl/α,β-unsaturated/α-hetero) is 1. The quantitative estimate of drug-likeness (QED) is 0.402. The highest BCUT2D eigenvalue weighted by Crippen LogP contribution is 2.30. The minimum atomic E-state index is 0.0267. The van der Waals surface area contributed by atoms with E-state index in [1.54, 1.807) is 16.8 Å². The minimum Gasteiger partial charge on any atom is -0.494 e. The van der Waals surface area contributed by atoms with E-state index >= 15 is 0 Å². The number of rotatable bonds is 5. The van der Waals surface area contributed by atoms with E-state index in [9.17, 15) is 4.79 Å². The van der Waals surface area contributed by atoms with Gasteiger partial charge in [-0.05, 0) is 55.8 Å². The fourth-order valence-electron chi connectivity index (χ4n) is 3.58. The number of ether oxygens (including phenoxy) is 2. The number of carbonyl (C=O) groups excluding carboxylic acids is 1. The van der Waals surface area contributed by atoms with Gasteiger partial charge in [0.05, 0.1) is 18.9 Å². The molecule has 6 heteroatoms. The molecular weight excluding hydrogens is 402 g/mol. The van der Waals surface area contributed by atoms with Gasteiger partial charge in [-0.3, -0.25) is 4.79 Å². The molecule has 0 fully saturated rings. The van der Waals surface area contributed by atoms with E-state index < -0.39 is 0 Å². The van der Waals surface area contributed by atoms with Crippen LogP contribution in [0.4, 0.5) is 0 Å². The molecule has 0 unspecified atom stereocenters. The van der Waals surface area contributed by atoms with Crippen molar-refractivity contribution in [1.29, 1.82) is 0 Å². The molecule has 1 aliphatic rings. The summed E-state index contributed by atoms with van der Waals surface area (Å²) in [6, 6.07) is 17.9. The molecule has 0 radical (unpaired) electrons. The number of ketones is 1. The van der Waals surface area contributed by atoms with Crippen molar-refractivity contribution in [3.8, 4) is 22.8 Å². The van der Waals surface area contributed by atoms with Crippen molar-refractivity contribution in [3.05, 3.63) is 77.6 Å². The molecule has 2 aromatic carbocycles. The molecule has 0 saturated carbocycles. The molecule has 2 aromatic heterocycles. The highest BCUT2D eigenvalue weighted by atomic mass is 16.5. The zero-order chi connectivity index (χ0) is 22.5. The molecule has 0 atom stereocenters. The van der Waals surface area contributed by atoms with E-state index in [1.165, 1.54) is 11.1 Å². The number of hydrogen-bond donors (Lipinski definition) is 0. The van der Waals surface area contributed by atoms with Crippen LogP contribution in [0.15, 0.2) is 60.8 Å². The summed E-state index contributed by atoms with van der Waals surface area (Å²) in [4.78, 5) is 16.2. The van der Waals surface area contributed by atoms with Gasteiger partial charge in [0, 0.05) is 30.7 Å². The first kappa shape index (κ1) is 21.6. The van der Waals surface area contributed by atoms with Gasteiger partial charge >= 0.3 is 0 Å². The Kier molecular flexibility index (Phi) is 6.50. The summed E-state index contributed by atoms with van der Waals surface area (Å²) >= 11 is 0. The van der Waals surface area contributed by atoms with Crippen LogP contribution >= 0.6 is 0 Å². The van der Waals surface area contributed by atoms with Crippen LogP contribution in [0, 0.1) is 6.92 Å². The average Bonchev–Trinajstić information content (AvgIpc) is 3.47. The SMILES string of the molecule is CCC(=O)c1cc2nccc(-c3ccc4c(c3)CCO4)n2n1.CCOc1ccc(C)cc1. The Morgan fingerprint density at radius 2 is 1.91 bits per heavy atom. The number of carbonyl (C=O) groups is 1. The molecule has 0 bridgehead atoms. The van der Waals surface area contributed by atoms with Gasteiger partial charge in [-0.15, -0.1) is 0 Å². The molecule has 3 heterocycles. The van der Waals surface area contributed by atoms with Crippen LogP contribution in [0.2, 0.25) is 0 Å². The third-order valence-electron chi connectivity index (χ3n) is 5.28. The second kappa shape index (κ2) is 9.64. The van der Waals surface area contributed by atoms with Crippen LogP contribution in [0.3, 0.4) is 0 Å². The molecule has 0 saturated heterocycles. The summed E-state index contributed by atoms with van der Waals surface area (Å²) < 4.78 is 12.5. The lowest BCUT2D eigenvalue weighted by Gasteiger charge is -2.06. The monoisotopic (exact) mass is 429 g/mol. The van der Waals surface area contributed by atoms with Crippen molar-refractivity contribution in [2.75, 3.05) is 13.2 Å². The normalized spacial score (nSPS) is 12.0. The molecule has 164 valence electrons. The van der Waals surface area contributed by atoms with Gasteiger partial charge in [-0.25, -0.2) is 9.50 Å². The predicted octanol–water partition coefficient (Wildman–Crippen LogP) is 5.32. The molecule has 6 nitrogen and oxygen atoms in total. The first-order valence-electron chi connectivity index (χ1n) is 10.9. The third-order valence-corrected chi connectivity index (χ3v) is 5.28. The number of aryl methyl sites for hydroxylation is 1. The van der Waals surface area contributed by atoms with E-state index in [2.05, 4.69) is 23.1 Å². The lowest BCUT2D eigenvalue weighted by atomic mass is 10.1. The van der Waals surface area contributed by atoms with Crippen molar-refractivity contribution in [1.82, 2.24) is 14.6 Å². The predicted molar refractivity (Wildman–Crippen MR) is 125 cm³/mol. The average molecular weight is 430 g/mol. The highest BCUT2D eigenvalue weighted by molar-refractivity contribution is 5.95. The first-order valence-corrected chi connectivity index (χ1v) is 10.9. The van der Waals surface area contributed by atoms with Crippen molar-refractivity contribution >= 4 is 11.4 Å². The van der Waals surface area contributed by atoms with Crippen LogP contribution < -0.4 is 9.47 Å². The number of nitrogens with zero attached hydrogens (tertiary/aromatic N) is 3. The summed E-state index contributed by atoms with van der Waals surface area (Å²) in [7, 11) is 0. The number of benzene rings is 2. The molecule has 4 aromatic rings. The lowest BCUT2D eigenvalue weighted by molar-refractivity contribution is 0.0983. The summed E-state index contributed by atoms with van der Waals surface area (Å²) in [6.07, 6.45) is 3.11. The number of hydrogen-bond acceptors (Lipinski definition) is 5. The van der Waals surface area contributed by atoms with Gasteiger partial charge in [0.1, 0.15) is 17.2 Å². The molecule has 0 aliphatic carbocycles. The van der Waals surface area contributed by atoms with E-state index in [1.807, 2.05) is 56.3 Å². The summed E-state index contributed by atoms with van der Waals surface area (Å²) in [5.41, 5.74) is 5.60. The Balaban J connectivity index is 0.000000207. The second-order valence-corrected chi connectivity index (χ2v) is 7.57. The fourth-order valence-corrected chi connectivity index (χ4v) is 3.58. The van der Waals surface area contributed by atoms with E-state index in [4.69, 9.17) is 9.47 Å². The van der Waals surface area contributed by atoms with Gasteiger partial charge in [0.15, 0.2) is 11.4 Å². The Bertz CT molecular complexity index is 1230. The Labute approximate surface area is 187 Å². The topological polar surface area (TPSA) is 65.7 Å². The van der Waals surface area contributed by atoms with Gasteiger partial charge < -0.3 is 9.47 Å². The van der Waals surface area contributed by atoms with Crippen LogP contribution in [0.25, 0.3) is 16.9 Å². The maximum Gasteiger partial charge on any atom is 0.182 e. The van der Waals surface area contributed by atoms with Crippen molar-refractivity contribution in [3.63, 3.8) is 0 Å². The Morgan fingerprint density at radius 3 is 2.66 bits per heavy atom. The van der Waals surface area contributed by atoms with E-state index in [0.29, 0.717) is 17.8 Å². The molecule has 1 aliphatic heterocycles. The molecular formula is C26H27N3O3. The Morgan fingerprint density at radius 1 is 1.09 bits per heavy atom. The second-order valence-electron chi connectivity index (χ2n) is 7.57. The van der Waals surface area contributed by atoms with Crippen LogP contribution in [-0.4, -0.2) is 33.6 Å². The van der Waals surface area contributed by atoms with Crippen LogP contribution in [0.1, 0.15) is 41.9 Å². The van der Waals surface area contributed by atoms with Crippen LogP contribution in [0.5, 0.6) is 11.5 Å². The lowest BCUT2D eigenvalue weighted by Crippen LogP contribution is -2.00. The highest BCUT2D eigenvalue weighted by Gasteiger charge is 2.16. The molecule has 32 heavy (non-hydrogen) atoms. The number of aromatic nitrogens is 3. The molecule has 5 rings (SSSR count). The molecule has 0 N–H and O–H groups in total. The van der Waals surface area contributed by atoms with Gasteiger partial charge in [-0.1, -0.05) is 24.6 Å². The first-order chi connectivity index (χ1) is 15.6. The van der Waals surface area contributed by atoms with Gasteiger partial charge in [0.25, 0.3) is 0 Å². The van der Waals surface area contributed by atoms with Crippen LogP contribution in [-0.2, 0) is 6.42 Å². The standard InChI is InChI=1S/C17H15N3O2.C9H12O/c1-2-15(21)13-10-17-18-7-5-14(20(17)19-13)11-3-4-16-12(9-11)6-8-22-16;1-3-10-9-6-4-8(2)5-7-9/h3-5,7,9-10H,2,6,8H2,1H3;4-7H,3H2,1-2H3. The summed E-state index contributed by atoms with van der Waals surface area (Å²) in [5, 5.41) is 4.43. The summed E-state index contributed by atoms with van der Waals surface area (Å²) in [5.74, 6) is 1.93. The van der Waals surface area contributed by atoms with Crippen molar-refractivity contribution < 1.29 is 14.3 Å². The summed E-state index contributed by atoms with van der Waals surface area (Å²) in [6.45, 7) is 7.36. The van der Waals surface area contributed by atoms with Crippen molar-refractivity contribution in [2.24, 2.45) is 0 Å². The number of fused-ring (bicyclic) bond motifs is 2. The van der Waals surface area contributed by atoms with Gasteiger partial charge in [0.2, 0.25) is 0 Å². The fraction of sp³-hybridized carbons (Fsp3) is 0.269. The van der Waals surface area contributed by atoms with Gasteiger partial charge in [-0.2, -0.15) is 5.10 Å². The smallest absolute Gasteiger partial charge is 0.182 e. The van der Waals surface area contributed by atoms with E-state index in [0.717, 1.165) is 42.4 Å². The van der Waals surface area contributed by atoms with Crippen molar-refractivity contribution in [2.45, 2.75) is 33.6 Å². The third kappa shape index (κ3) is 4.64. The molecule has 0 amide bonds. The van der Waals surface area contributed by atoms with E-state index in [-0.39, 0.29) is 5.78 Å². The maximum atomic E-state index is 11.9. The zero-order valence-corrected chi connectivity index (χ0v) is 18.7. The maximum absolute atomic E-state index is 11.9. The minimum absolute atomic E-state index is 0.0267.